The van der Waals surface area contributed by atoms with Crippen molar-refractivity contribution in [1.29, 1.82) is 0 Å². The Morgan fingerprint density at radius 3 is 2.53 bits per heavy atom. The zero-order valence-corrected chi connectivity index (χ0v) is 21.2. The maximum atomic E-state index is 13.3. The van der Waals surface area contributed by atoms with Crippen LogP contribution in [0.25, 0.3) is 0 Å². The molecule has 0 saturated carbocycles. The molecule has 1 aromatic carbocycles. The number of ether oxygens (including phenoxy) is 1. The summed E-state index contributed by atoms with van der Waals surface area (Å²) >= 11 is 0. The summed E-state index contributed by atoms with van der Waals surface area (Å²) < 4.78 is 6.00. The fourth-order valence-electron chi connectivity index (χ4n) is 6.24. The molecular formula is C28H43N3O3. The average Bonchev–Trinajstić information content (AvgIpc) is 2.84. The van der Waals surface area contributed by atoms with Crippen molar-refractivity contribution in [3.05, 3.63) is 29.8 Å². The number of likely N-dealkylation sites (tertiary alicyclic amines) is 2. The normalized spacial score (nSPS) is 26.9. The number of nitrogens with one attached hydrogen (secondary N) is 1. The highest BCUT2D eigenvalue weighted by molar-refractivity contribution is 5.83. The molecule has 3 aliphatic rings. The SMILES string of the molecule is CC1CCCC(C)N1C(=O)CN1CCC2(CCCCCc3ccccc3OCCNC2=O)CC1. The van der Waals surface area contributed by atoms with Gasteiger partial charge in [0.15, 0.2) is 0 Å². The molecule has 2 atom stereocenters. The van der Waals surface area contributed by atoms with Crippen molar-refractivity contribution < 1.29 is 14.3 Å². The first-order valence-corrected chi connectivity index (χ1v) is 13.5. The number of aryl methyl sites for hydroxylation is 1. The lowest BCUT2D eigenvalue weighted by Crippen LogP contribution is -2.54. The number of benzene rings is 1. The van der Waals surface area contributed by atoms with Crippen LogP contribution < -0.4 is 10.1 Å². The number of amides is 2. The van der Waals surface area contributed by atoms with Gasteiger partial charge in [-0.25, -0.2) is 0 Å². The van der Waals surface area contributed by atoms with E-state index in [1.54, 1.807) is 0 Å². The molecule has 34 heavy (non-hydrogen) atoms. The van der Waals surface area contributed by atoms with E-state index in [9.17, 15) is 9.59 Å². The third-order valence-electron chi connectivity index (χ3n) is 8.35. The number of hydrogen-bond acceptors (Lipinski definition) is 4. The standard InChI is InChI=1S/C28H43N3O3/c1-22-9-8-10-23(2)31(22)26(32)21-30-18-15-28(16-19-30)14-7-3-4-11-24-12-5-6-13-25(24)34-20-17-29-27(28)33/h5-6,12-13,22-23H,3-4,7-11,14-21H2,1-2H3,(H,29,33). The maximum Gasteiger partial charge on any atom is 0.237 e. The molecule has 3 aliphatic heterocycles. The summed E-state index contributed by atoms with van der Waals surface area (Å²) in [5.41, 5.74) is 0.949. The molecule has 6 nitrogen and oxygen atoms in total. The van der Waals surface area contributed by atoms with Gasteiger partial charge >= 0.3 is 0 Å². The number of hydrogen-bond donors (Lipinski definition) is 1. The van der Waals surface area contributed by atoms with Crippen LogP contribution in [0.2, 0.25) is 0 Å². The van der Waals surface area contributed by atoms with E-state index in [1.807, 2.05) is 12.1 Å². The van der Waals surface area contributed by atoms with Crippen LogP contribution in [0.1, 0.15) is 77.2 Å². The first kappa shape index (κ1) is 25.0. The molecule has 2 amide bonds. The number of nitrogens with zero attached hydrogens (tertiary/aromatic N) is 2. The van der Waals surface area contributed by atoms with Gasteiger partial charge in [-0.3, -0.25) is 14.5 Å². The van der Waals surface area contributed by atoms with E-state index in [-0.39, 0.29) is 17.2 Å². The number of carbonyl (C=O) groups excluding carboxylic acids is 2. The number of piperidine rings is 2. The Balaban J connectivity index is 1.33. The fourth-order valence-corrected chi connectivity index (χ4v) is 6.24. The Bertz CT molecular complexity index is 824. The monoisotopic (exact) mass is 469 g/mol. The Morgan fingerprint density at radius 2 is 1.76 bits per heavy atom. The second-order valence-corrected chi connectivity index (χ2v) is 10.8. The predicted octanol–water partition coefficient (Wildman–Crippen LogP) is 4.17. The van der Waals surface area contributed by atoms with Gasteiger partial charge < -0.3 is 15.0 Å². The molecule has 2 saturated heterocycles. The molecule has 188 valence electrons. The van der Waals surface area contributed by atoms with Crippen LogP contribution in [0.3, 0.4) is 0 Å². The Hall–Kier alpha value is -2.08. The van der Waals surface area contributed by atoms with Crippen molar-refractivity contribution in [2.45, 2.75) is 90.1 Å². The second kappa shape index (κ2) is 11.6. The van der Waals surface area contributed by atoms with Crippen molar-refractivity contribution in [3.63, 3.8) is 0 Å². The van der Waals surface area contributed by atoms with Crippen LogP contribution in [0.15, 0.2) is 24.3 Å². The Labute approximate surface area is 205 Å². The van der Waals surface area contributed by atoms with Crippen LogP contribution in [0, 0.1) is 5.41 Å². The first-order valence-electron chi connectivity index (χ1n) is 13.5. The lowest BCUT2D eigenvalue weighted by molar-refractivity contribution is -0.140. The molecule has 6 heteroatoms. The lowest BCUT2D eigenvalue weighted by atomic mass is 9.73. The molecule has 0 radical (unpaired) electrons. The molecular weight excluding hydrogens is 426 g/mol. The summed E-state index contributed by atoms with van der Waals surface area (Å²) in [7, 11) is 0. The number of para-hydroxylation sites is 1. The van der Waals surface area contributed by atoms with Crippen molar-refractivity contribution >= 4 is 11.8 Å². The van der Waals surface area contributed by atoms with Crippen molar-refractivity contribution in [3.8, 4) is 5.75 Å². The van der Waals surface area contributed by atoms with E-state index < -0.39 is 0 Å². The fraction of sp³-hybridized carbons (Fsp3) is 0.714. The van der Waals surface area contributed by atoms with Gasteiger partial charge in [-0.15, -0.1) is 0 Å². The minimum atomic E-state index is -0.313. The van der Waals surface area contributed by atoms with E-state index in [4.69, 9.17) is 4.74 Å². The zero-order chi connectivity index (χ0) is 24.0. The Kier molecular flexibility index (Phi) is 8.51. The van der Waals surface area contributed by atoms with Crippen molar-refractivity contribution in [2.24, 2.45) is 5.41 Å². The van der Waals surface area contributed by atoms with Crippen LogP contribution in [-0.4, -0.2) is 66.5 Å². The third kappa shape index (κ3) is 5.94. The minimum Gasteiger partial charge on any atom is -0.491 e. The quantitative estimate of drug-likeness (QED) is 0.706. The Morgan fingerprint density at radius 1 is 1.03 bits per heavy atom. The molecule has 0 aliphatic carbocycles. The van der Waals surface area contributed by atoms with Crippen LogP contribution in [-0.2, 0) is 16.0 Å². The number of fused-ring (bicyclic) bond motifs is 1. The third-order valence-corrected chi connectivity index (χ3v) is 8.35. The molecule has 3 heterocycles. The molecule has 2 fully saturated rings. The van der Waals surface area contributed by atoms with Gasteiger partial charge in [-0.2, -0.15) is 0 Å². The lowest BCUT2D eigenvalue weighted by Gasteiger charge is -2.43. The van der Waals surface area contributed by atoms with Gasteiger partial charge in [0.25, 0.3) is 0 Å². The highest BCUT2D eigenvalue weighted by atomic mass is 16.5. The van der Waals surface area contributed by atoms with Gasteiger partial charge in [0.05, 0.1) is 18.5 Å². The van der Waals surface area contributed by atoms with Gasteiger partial charge in [0, 0.05) is 12.1 Å². The molecule has 1 spiro atoms. The van der Waals surface area contributed by atoms with Crippen molar-refractivity contribution in [1.82, 2.24) is 15.1 Å². The molecule has 0 aromatic heterocycles. The second-order valence-electron chi connectivity index (χ2n) is 10.8. The molecule has 0 bridgehead atoms. The van der Waals surface area contributed by atoms with E-state index >= 15 is 0 Å². The summed E-state index contributed by atoms with van der Waals surface area (Å²) in [5.74, 6) is 1.38. The summed E-state index contributed by atoms with van der Waals surface area (Å²) in [6.07, 6.45) is 10.3. The molecule has 2 unspecified atom stereocenters. The van der Waals surface area contributed by atoms with Crippen LogP contribution >= 0.6 is 0 Å². The van der Waals surface area contributed by atoms with Gasteiger partial charge in [-0.1, -0.05) is 31.0 Å². The zero-order valence-electron chi connectivity index (χ0n) is 21.2. The summed E-state index contributed by atoms with van der Waals surface area (Å²) in [6.45, 7) is 7.50. The minimum absolute atomic E-state index is 0.174. The maximum absolute atomic E-state index is 13.3. The summed E-state index contributed by atoms with van der Waals surface area (Å²) in [4.78, 5) is 30.8. The van der Waals surface area contributed by atoms with E-state index in [0.29, 0.717) is 31.8 Å². The summed E-state index contributed by atoms with van der Waals surface area (Å²) in [5, 5.41) is 3.17. The molecule has 1 aromatic rings. The number of carbonyl (C=O) groups is 2. The van der Waals surface area contributed by atoms with Gasteiger partial charge in [0.2, 0.25) is 11.8 Å². The smallest absolute Gasteiger partial charge is 0.237 e. The van der Waals surface area contributed by atoms with E-state index in [1.165, 1.54) is 12.0 Å². The van der Waals surface area contributed by atoms with Gasteiger partial charge in [-0.05, 0) is 89.9 Å². The van der Waals surface area contributed by atoms with Crippen LogP contribution in [0.5, 0.6) is 5.75 Å². The van der Waals surface area contributed by atoms with Crippen LogP contribution in [0.4, 0.5) is 0 Å². The highest BCUT2D eigenvalue weighted by Crippen LogP contribution is 2.38. The average molecular weight is 470 g/mol. The highest BCUT2D eigenvalue weighted by Gasteiger charge is 2.41. The summed E-state index contributed by atoms with van der Waals surface area (Å²) in [6, 6.07) is 8.93. The topological polar surface area (TPSA) is 61.9 Å². The predicted molar refractivity (Wildman–Crippen MR) is 135 cm³/mol. The molecule has 4 rings (SSSR count). The number of rotatable bonds is 2. The van der Waals surface area contributed by atoms with E-state index in [2.05, 4.69) is 41.1 Å². The first-order chi connectivity index (χ1) is 16.5. The van der Waals surface area contributed by atoms with E-state index in [0.717, 1.165) is 76.6 Å². The molecule has 1 N–H and O–H groups in total. The van der Waals surface area contributed by atoms with Crippen molar-refractivity contribution in [2.75, 3.05) is 32.8 Å². The van der Waals surface area contributed by atoms with Gasteiger partial charge in [0.1, 0.15) is 12.4 Å². The largest absolute Gasteiger partial charge is 0.491 e.